The normalized spacial score (nSPS) is 12.2. The standard InChI is InChI=1S/C38H22N4S/c1-2-10-23(11-3-1)41-29-15-7-4-13-27(29)33-35-36(40-21-20-39-35)34-28-14-5-8-16-30(28)42(38(34)37(33)41)24-18-19-26-25-12-6-9-17-31(25)43-32(26)22-24/h1-22H. The second-order valence-electron chi connectivity index (χ2n) is 11.0. The van der Waals surface area contributed by atoms with Crippen LogP contribution in [0.1, 0.15) is 0 Å². The van der Waals surface area contributed by atoms with Gasteiger partial charge < -0.3 is 9.13 Å². The van der Waals surface area contributed by atoms with E-state index in [1.54, 1.807) is 0 Å². The van der Waals surface area contributed by atoms with Crippen molar-refractivity contribution < 1.29 is 0 Å². The first-order chi connectivity index (χ1) is 21.4. The lowest BCUT2D eigenvalue weighted by Crippen LogP contribution is -1.99. The third-order valence-electron chi connectivity index (χ3n) is 8.78. The van der Waals surface area contributed by atoms with Crippen LogP contribution in [0.3, 0.4) is 0 Å². The number of hydrogen-bond acceptors (Lipinski definition) is 3. The van der Waals surface area contributed by atoms with Gasteiger partial charge in [-0.05, 0) is 42.5 Å². The first-order valence-electron chi connectivity index (χ1n) is 14.4. The fourth-order valence-electron chi connectivity index (χ4n) is 7.08. The van der Waals surface area contributed by atoms with E-state index in [0.717, 1.165) is 55.2 Å². The fraction of sp³-hybridized carbons (Fsp3) is 0. The zero-order valence-electron chi connectivity index (χ0n) is 22.9. The summed E-state index contributed by atoms with van der Waals surface area (Å²) >= 11 is 1.85. The molecule has 0 aliphatic carbocycles. The maximum Gasteiger partial charge on any atom is 0.0994 e. The van der Waals surface area contributed by atoms with Gasteiger partial charge in [0.25, 0.3) is 0 Å². The Kier molecular flexibility index (Phi) is 4.57. The maximum atomic E-state index is 5.00. The smallest absolute Gasteiger partial charge is 0.0994 e. The maximum absolute atomic E-state index is 5.00. The van der Waals surface area contributed by atoms with Crippen molar-refractivity contribution in [2.24, 2.45) is 0 Å². The third kappa shape index (κ3) is 3.04. The summed E-state index contributed by atoms with van der Waals surface area (Å²) in [6.07, 6.45) is 3.64. The SMILES string of the molecule is c1ccc(-n2c3ccccc3c3c4nccnc4c4c5ccccc5n(-c5ccc6c(c5)sc5ccccc56)c4c32)cc1. The Labute approximate surface area is 249 Å². The summed E-state index contributed by atoms with van der Waals surface area (Å²) in [6, 6.07) is 43.7. The van der Waals surface area contributed by atoms with E-state index in [1.807, 2.05) is 23.7 Å². The molecule has 43 heavy (non-hydrogen) atoms. The molecule has 0 fully saturated rings. The van der Waals surface area contributed by atoms with Gasteiger partial charge in [-0.1, -0.05) is 78.9 Å². The summed E-state index contributed by atoms with van der Waals surface area (Å²) in [7, 11) is 0. The minimum absolute atomic E-state index is 0.929. The van der Waals surface area contributed by atoms with Crippen LogP contribution in [-0.4, -0.2) is 19.1 Å². The molecular weight excluding hydrogens is 545 g/mol. The molecule has 4 aromatic heterocycles. The minimum atomic E-state index is 0.929. The zero-order chi connectivity index (χ0) is 28.1. The Bertz CT molecular complexity index is 2730. The van der Waals surface area contributed by atoms with Crippen molar-refractivity contribution in [1.29, 1.82) is 0 Å². The van der Waals surface area contributed by atoms with Gasteiger partial charge in [-0.2, -0.15) is 0 Å². The largest absolute Gasteiger partial charge is 0.307 e. The number of nitrogens with zero attached hydrogens (tertiary/aromatic N) is 4. The second kappa shape index (κ2) is 8.51. The Morgan fingerprint density at radius 1 is 0.442 bits per heavy atom. The molecule has 0 aliphatic rings. The molecular formula is C38H22N4S. The molecule has 0 spiro atoms. The van der Waals surface area contributed by atoms with Crippen molar-refractivity contribution in [3.63, 3.8) is 0 Å². The number of rotatable bonds is 2. The van der Waals surface area contributed by atoms with Crippen LogP contribution in [-0.2, 0) is 0 Å². The number of para-hydroxylation sites is 3. The average Bonchev–Trinajstić information content (AvgIpc) is 3.73. The van der Waals surface area contributed by atoms with Crippen LogP contribution in [0.25, 0.3) is 86.2 Å². The van der Waals surface area contributed by atoms with Crippen LogP contribution >= 0.6 is 11.3 Å². The third-order valence-corrected chi connectivity index (χ3v) is 9.91. The van der Waals surface area contributed by atoms with E-state index in [0.29, 0.717) is 0 Å². The second-order valence-corrected chi connectivity index (χ2v) is 12.1. The number of fused-ring (bicyclic) bond motifs is 13. The lowest BCUT2D eigenvalue weighted by atomic mass is 10.1. The molecule has 4 nitrogen and oxygen atoms in total. The summed E-state index contributed by atoms with van der Waals surface area (Å²) in [5.74, 6) is 0. The molecule has 4 heterocycles. The summed E-state index contributed by atoms with van der Waals surface area (Å²) in [5, 5.41) is 7.20. The molecule has 0 N–H and O–H groups in total. The van der Waals surface area contributed by atoms with Gasteiger partial charge in [0.05, 0.1) is 33.1 Å². The van der Waals surface area contributed by atoms with Crippen molar-refractivity contribution >= 4 is 86.2 Å². The van der Waals surface area contributed by atoms with Gasteiger partial charge in [-0.3, -0.25) is 9.97 Å². The van der Waals surface area contributed by atoms with Crippen LogP contribution in [0.5, 0.6) is 0 Å². The summed E-state index contributed by atoms with van der Waals surface area (Å²) in [6.45, 7) is 0. The van der Waals surface area contributed by atoms with E-state index in [1.165, 1.54) is 30.9 Å². The van der Waals surface area contributed by atoms with Gasteiger partial charge in [0.1, 0.15) is 0 Å². The number of thiophene rings is 1. The van der Waals surface area contributed by atoms with E-state index in [2.05, 4.69) is 130 Å². The highest BCUT2D eigenvalue weighted by atomic mass is 32.1. The van der Waals surface area contributed by atoms with Gasteiger partial charge in [0.2, 0.25) is 0 Å². The Balaban J connectivity index is 1.49. The Hall–Kier alpha value is -5.52. The first kappa shape index (κ1) is 23.1. The van der Waals surface area contributed by atoms with E-state index >= 15 is 0 Å². The molecule has 0 saturated heterocycles. The van der Waals surface area contributed by atoms with Gasteiger partial charge >= 0.3 is 0 Å². The number of benzene rings is 6. The van der Waals surface area contributed by atoms with Gasteiger partial charge in [-0.15, -0.1) is 11.3 Å². The van der Waals surface area contributed by atoms with Crippen molar-refractivity contribution in [2.75, 3.05) is 0 Å². The van der Waals surface area contributed by atoms with E-state index in [9.17, 15) is 0 Å². The summed E-state index contributed by atoms with van der Waals surface area (Å²) in [4.78, 5) is 9.99. The van der Waals surface area contributed by atoms with Crippen molar-refractivity contribution in [2.45, 2.75) is 0 Å². The molecule has 0 unspecified atom stereocenters. The lowest BCUT2D eigenvalue weighted by molar-refractivity contribution is 1.15. The van der Waals surface area contributed by atoms with Gasteiger partial charge in [0.15, 0.2) is 0 Å². The molecule has 10 aromatic rings. The Morgan fingerprint density at radius 3 is 1.65 bits per heavy atom. The molecule has 0 amide bonds. The minimum Gasteiger partial charge on any atom is -0.307 e. The van der Waals surface area contributed by atoms with Gasteiger partial charge in [0, 0.05) is 65.5 Å². The molecule has 0 atom stereocenters. The number of aromatic nitrogens is 4. The molecule has 10 rings (SSSR count). The quantitative estimate of drug-likeness (QED) is 0.209. The molecule has 0 aliphatic heterocycles. The van der Waals surface area contributed by atoms with Crippen LogP contribution in [0, 0.1) is 0 Å². The highest BCUT2D eigenvalue weighted by molar-refractivity contribution is 7.25. The van der Waals surface area contributed by atoms with Crippen molar-refractivity contribution in [1.82, 2.24) is 19.1 Å². The monoisotopic (exact) mass is 566 g/mol. The summed E-state index contributed by atoms with van der Waals surface area (Å²) < 4.78 is 7.45. The topological polar surface area (TPSA) is 35.6 Å². The predicted octanol–water partition coefficient (Wildman–Crippen LogP) is 10.2. The molecule has 5 heteroatoms. The number of hydrogen-bond donors (Lipinski definition) is 0. The molecule has 0 radical (unpaired) electrons. The average molecular weight is 567 g/mol. The first-order valence-corrected chi connectivity index (χ1v) is 15.2. The molecule has 0 saturated carbocycles. The lowest BCUT2D eigenvalue weighted by Gasteiger charge is -2.13. The molecule has 6 aromatic carbocycles. The Morgan fingerprint density at radius 2 is 0.977 bits per heavy atom. The van der Waals surface area contributed by atoms with Crippen molar-refractivity contribution in [3.05, 3.63) is 134 Å². The van der Waals surface area contributed by atoms with E-state index in [4.69, 9.17) is 9.97 Å². The fourth-order valence-corrected chi connectivity index (χ4v) is 8.22. The van der Waals surface area contributed by atoms with E-state index < -0.39 is 0 Å². The summed E-state index contributed by atoms with van der Waals surface area (Å²) in [5.41, 5.74) is 8.71. The molecule has 0 bridgehead atoms. The van der Waals surface area contributed by atoms with Crippen LogP contribution in [0.2, 0.25) is 0 Å². The van der Waals surface area contributed by atoms with Crippen molar-refractivity contribution in [3.8, 4) is 11.4 Å². The van der Waals surface area contributed by atoms with Gasteiger partial charge in [-0.25, -0.2) is 0 Å². The van der Waals surface area contributed by atoms with Crippen LogP contribution in [0.4, 0.5) is 0 Å². The van der Waals surface area contributed by atoms with Crippen LogP contribution < -0.4 is 0 Å². The molecule has 200 valence electrons. The highest BCUT2D eigenvalue weighted by Gasteiger charge is 2.25. The van der Waals surface area contributed by atoms with Crippen LogP contribution in [0.15, 0.2) is 134 Å². The predicted molar refractivity (Wildman–Crippen MR) is 181 cm³/mol. The zero-order valence-corrected chi connectivity index (χ0v) is 23.7. The van der Waals surface area contributed by atoms with E-state index in [-0.39, 0.29) is 0 Å². The highest BCUT2D eigenvalue weighted by Crippen LogP contribution is 2.46.